The second-order valence-corrected chi connectivity index (χ2v) is 5.94. The zero-order valence-electron chi connectivity index (χ0n) is 12.8. The van der Waals surface area contributed by atoms with Crippen molar-refractivity contribution in [3.63, 3.8) is 0 Å². The van der Waals surface area contributed by atoms with Crippen molar-refractivity contribution in [1.29, 1.82) is 0 Å². The largest absolute Gasteiger partial charge is 0.338 e. The van der Waals surface area contributed by atoms with Crippen LogP contribution in [0.4, 0.5) is 4.39 Å². The summed E-state index contributed by atoms with van der Waals surface area (Å²) in [5.74, 6) is -0.0885. The summed E-state index contributed by atoms with van der Waals surface area (Å²) in [6, 6.07) is 4.21. The van der Waals surface area contributed by atoms with E-state index in [4.69, 9.17) is 16.1 Å². The fourth-order valence-corrected chi connectivity index (χ4v) is 2.79. The predicted molar refractivity (Wildman–Crippen MR) is 81.7 cm³/mol. The lowest BCUT2D eigenvalue weighted by Crippen LogP contribution is -2.49. The molecule has 0 radical (unpaired) electrons. The second kappa shape index (κ2) is 6.25. The molecular weight excluding hydrogens is 323 g/mol. The van der Waals surface area contributed by atoms with Gasteiger partial charge in [0.1, 0.15) is 6.04 Å². The van der Waals surface area contributed by atoms with Crippen LogP contribution in [-0.4, -0.2) is 52.5 Å². The summed E-state index contributed by atoms with van der Waals surface area (Å²) in [6.07, 6.45) is 0. The van der Waals surface area contributed by atoms with Gasteiger partial charge < -0.3 is 9.42 Å². The van der Waals surface area contributed by atoms with Crippen LogP contribution in [0.5, 0.6) is 0 Å². The molecule has 2 aromatic rings. The van der Waals surface area contributed by atoms with E-state index in [0.717, 1.165) is 0 Å². The summed E-state index contributed by atoms with van der Waals surface area (Å²) in [6.45, 7) is 3.20. The number of halogens is 2. The van der Waals surface area contributed by atoms with Gasteiger partial charge in [0.2, 0.25) is 5.89 Å². The molecule has 8 heteroatoms. The van der Waals surface area contributed by atoms with Gasteiger partial charge in [-0.05, 0) is 26.1 Å². The quantitative estimate of drug-likeness (QED) is 0.840. The molecule has 1 unspecified atom stereocenters. The number of carbonyl (C=O) groups excluding carboxylic acids is 1. The fraction of sp³-hybridized carbons (Fsp3) is 0.400. The first-order chi connectivity index (χ1) is 11.0. The van der Waals surface area contributed by atoms with Gasteiger partial charge in [-0.25, -0.2) is 4.39 Å². The van der Waals surface area contributed by atoms with Crippen LogP contribution in [0.25, 0.3) is 0 Å². The van der Waals surface area contributed by atoms with E-state index in [1.165, 1.54) is 12.1 Å². The standard InChI is InChI=1S/C15H16ClFN4O2/c1-9-18-14(23-19-9)12-8-21(7-6-20(12)2)15(22)10-4-3-5-11(16)13(10)17/h3-5,12H,6-8H2,1-2H3. The molecule has 0 N–H and O–H groups in total. The molecular formula is C15H16ClFN4O2. The first-order valence-electron chi connectivity index (χ1n) is 7.21. The highest BCUT2D eigenvalue weighted by molar-refractivity contribution is 6.31. The van der Waals surface area contributed by atoms with Crippen molar-refractivity contribution in [2.24, 2.45) is 0 Å². The highest BCUT2D eigenvalue weighted by Crippen LogP contribution is 2.25. The summed E-state index contributed by atoms with van der Waals surface area (Å²) < 4.78 is 19.3. The van der Waals surface area contributed by atoms with Gasteiger partial charge in [-0.15, -0.1) is 0 Å². The third kappa shape index (κ3) is 3.07. The van der Waals surface area contributed by atoms with Crippen molar-refractivity contribution in [2.45, 2.75) is 13.0 Å². The summed E-state index contributed by atoms with van der Waals surface area (Å²) >= 11 is 5.76. The summed E-state index contributed by atoms with van der Waals surface area (Å²) in [5, 5.41) is 3.73. The molecule has 6 nitrogen and oxygen atoms in total. The van der Waals surface area contributed by atoms with Gasteiger partial charge in [0.05, 0.1) is 10.6 Å². The molecule has 1 atom stereocenters. The summed E-state index contributed by atoms with van der Waals surface area (Å²) in [7, 11) is 1.92. The van der Waals surface area contributed by atoms with E-state index in [2.05, 4.69) is 10.1 Å². The van der Waals surface area contributed by atoms with Crippen LogP contribution in [0.1, 0.15) is 28.1 Å². The lowest BCUT2D eigenvalue weighted by Gasteiger charge is -2.37. The van der Waals surface area contributed by atoms with E-state index < -0.39 is 5.82 Å². The van der Waals surface area contributed by atoms with Crippen molar-refractivity contribution < 1.29 is 13.7 Å². The van der Waals surface area contributed by atoms with Crippen LogP contribution < -0.4 is 0 Å². The average Bonchev–Trinajstić information content (AvgIpc) is 2.96. The number of aryl methyl sites for hydroxylation is 1. The van der Waals surface area contributed by atoms with Crippen molar-refractivity contribution in [2.75, 3.05) is 26.7 Å². The lowest BCUT2D eigenvalue weighted by atomic mass is 10.1. The Hall–Kier alpha value is -1.99. The number of hydrogen-bond donors (Lipinski definition) is 0. The van der Waals surface area contributed by atoms with Crippen molar-refractivity contribution in [3.8, 4) is 0 Å². The third-order valence-corrected chi connectivity index (χ3v) is 4.24. The van der Waals surface area contributed by atoms with Crippen LogP contribution in [0.3, 0.4) is 0 Å². The monoisotopic (exact) mass is 338 g/mol. The number of hydrogen-bond acceptors (Lipinski definition) is 5. The molecule has 2 heterocycles. The minimum atomic E-state index is -0.691. The van der Waals surface area contributed by atoms with Crippen molar-refractivity contribution in [1.82, 2.24) is 19.9 Å². The molecule has 23 heavy (non-hydrogen) atoms. The highest BCUT2D eigenvalue weighted by atomic mass is 35.5. The van der Waals surface area contributed by atoms with Gasteiger partial charge in [-0.3, -0.25) is 9.69 Å². The minimum absolute atomic E-state index is 0.0255. The molecule has 1 aromatic heterocycles. The van der Waals surface area contributed by atoms with Crippen LogP contribution in [-0.2, 0) is 0 Å². The minimum Gasteiger partial charge on any atom is -0.338 e. The Labute approximate surface area is 137 Å². The molecule has 0 saturated carbocycles. The molecule has 1 saturated heterocycles. The van der Waals surface area contributed by atoms with Gasteiger partial charge in [-0.1, -0.05) is 22.8 Å². The number of likely N-dealkylation sites (N-methyl/N-ethyl adjacent to an activating group) is 1. The van der Waals surface area contributed by atoms with Crippen LogP contribution >= 0.6 is 11.6 Å². The predicted octanol–water partition coefficient (Wildman–Crippen LogP) is 2.30. The Morgan fingerprint density at radius 2 is 2.22 bits per heavy atom. The number of amides is 1. The number of nitrogens with zero attached hydrogens (tertiary/aromatic N) is 4. The van der Waals surface area contributed by atoms with Crippen LogP contribution in [0.15, 0.2) is 22.7 Å². The zero-order valence-corrected chi connectivity index (χ0v) is 13.5. The third-order valence-electron chi connectivity index (χ3n) is 3.95. The van der Waals surface area contributed by atoms with E-state index in [1.807, 2.05) is 11.9 Å². The SMILES string of the molecule is Cc1noc(C2CN(C(=O)c3cccc(Cl)c3F)CCN2C)n1. The molecule has 1 aliphatic rings. The van der Waals surface area contributed by atoms with Gasteiger partial charge >= 0.3 is 0 Å². The molecule has 3 rings (SSSR count). The number of benzene rings is 1. The number of aromatic nitrogens is 2. The Balaban J connectivity index is 1.83. The normalized spacial score (nSPS) is 19.1. The fourth-order valence-electron chi connectivity index (χ4n) is 2.61. The lowest BCUT2D eigenvalue weighted by molar-refractivity contribution is 0.0485. The van der Waals surface area contributed by atoms with Gasteiger partial charge in [-0.2, -0.15) is 4.98 Å². The van der Waals surface area contributed by atoms with Crippen LogP contribution in [0.2, 0.25) is 5.02 Å². The van der Waals surface area contributed by atoms with Gasteiger partial charge in [0.15, 0.2) is 11.6 Å². The molecule has 0 bridgehead atoms. The number of piperazine rings is 1. The maximum atomic E-state index is 14.1. The first kappa shape index (κ1) is 15.9. The van der Waals surface area contributed by atoms with E-state index >= 15 is 0 Å². The van der Waals surface area contributed by atoms with Gasteiger partial charge in [0, 0.05) is 19.6 Å². The zero-order chi connectivity index (χ0) is 16.6. The number of rotatable bonds is 2. The van der Waals surface area contributed by atoms with Gasteiger partial charge in [0.25, 0.3) is 5.91 Å². The van der Waals surface area contributed by atoms with E-state index in [9.17, 15) is 9.18 Å². The van der Waals surface area contributed by atoms with Crippen molar-refractivity contribution >= 4 is 17.5 Å². The second-order valence-electron chi connectivity index (χ2n) is 5.53. The molecule has 1 aromatic carbocycles. The first-order valence-corrected chi connectivity index (χ1v) is 7.59. The molecule has 1 fully saturated rings. The number of carbonyl (C=O) groups is 1. The molecule has 1 amide bonds. The molecule has 122 valence electrons. The molecule has 0 spiro atoms. The van der Waals surface area contributed by atoms with E-state index in [-0.39, 0.29) is 22.5 Å². The maximum Gasteiger partial charge on any atom is 0.256 e. The van der Waals surface area contributed by atoms with Crippen molar-refractivity contribution in [3.05, 3.63) is 46.3 Å². The summed E-state index contributed by atoms with van der Waals surface area (Å²) in [4.78, 5) is 20.4. The Morgan fingerprint density at radius 1 is 1.43 bits per heavy atom. The molecule has 0 aliphatic carbocycles. The van der Waals surface area contributed by atoms with E-state index in [1.54, 1.807) is 17.9 Å². The highest BCUT2D eigenvalue weighted by Gasteiger charge is 2.33. The van der Waals surface area contributed by atoms with Crippen LogP contribution in [0, 0.1) is 12.7 Å². The molecule has 1 aliphatic heterocycles. The topological polar surface area (TPSA) is 62.5 Å². The summed E-state index contributed by atoms with van der Waals surface area (Å²) in [5.41, 5.74) is -0.0255. The smallest absolute Gasteiger partial charge is 0.256 e. The maximum absolute atomic E-state index is 14.1. The average molecular weight is 339 g/mol. The Bertz CT molecular complexity index is 736. The van der Waals surface area contributed by atoms with E-state index in [0.29, 0.717) is 31.3 Å². The Morgan fingerprint density at radius 3 is 2.91 bits per heavy atom. The Kier molecular flexibility index (Phi) is 4.32.